The Morgan fingerprint density at radius 1 is 1.12 bits per heavy atom. The molecular weight excluding hydrogens is 328 g/mol. The largest absolute Gasteiger partial charge is 0.490 e. The highest BCUT2D eigenvalue weighted by molar-refractivity contribution is 5.94. The number of hydrogen-bond donors (Lipinski definition) is 2. The van der Waals surface area contributed by atoms with E-state index < -0.39 is 6.04 Å². The number of benzene rings is 1. The standard InChI is InChI=1S/C18H30N2O3.ClH/c1-5-9-22-16-8-7-14(12-17(16)23-10-6-2)20-18(21)15(19)11-13(3)4;/h7-8,12-13,15H,5-6,9-11,19H2,1-4H3,(H,20,21);1H/t15-;/m0./s1. The minimum Gasteiger partial charge on any atom is -0.490 e. The lowest BCUT2D eigenvalue weighted by Crippen LogP contribution is -2.36. The fourth-order valence-electron chi connectivity index (χ4n) is 2.09. The third kappa shape index (κ3) is 7.88. The Bertz CT molecular complexity index is 495. The first-order valence-corrected chi connectivity index (χ1v) is 8.44. The zero-order chi connectivity index (χ0) is 17.2. The van der Waals surface area contributed by atoms with E-state index >= 15 is 0 Å². The molecule has 1 aromatic rings. The van der Waals surface area contributed by atoms with Crippen LogP contribution in [0.3, 0.4) is 0 Å². The summed E-state index contributed by atoms with van der Waals surface area (Å²) < 4.78 is 11.4. The van der Waals surface area contributed by atoms with E-state index in [1.54, 1.807) is 6.07 Å². The number of nitrogens with one attached hydrogen (secondary N) is 1. The lowest BCUT2D eigenvalue weighted by Gasteiger charge is -2.16. The molecule has 0 saturated carbocycles. The van der Waals surface area contributed by atoms with Gasteiger partial charge in [-0.25, -0.2) is 0 Å². The zero-order valence-electron chi connectivity index (χ0n) is 15.1. The molecule has 0 unspecified atom stereocenters. The number of anilines is 1. The first kappa shape index (κ1) is 22.5. The van der Waals surface area contributed by atoms with Gasteiger partial charge < -0.3 is 20.5 Å². The van der Waals surface area contributed by atoms with E-state index in [0.717, 1.165) is 12.8 Å². The number of carbonyl (C=O) groups is 1. The SMILES string of the molecule is CCCOc1ccc(NC(=O)[C@@H](N)CC(C)C)cc1OCCC.Cl. The van der Waals surface area contributed by atoms with Crippen LogP contribution >= 0.6 is 12.4 Å². The van der Waals surface area contributed by atoms with Crippen molar-refractivity contribution in [3.05, 3.63) is 18.2 Å². The average molecular weight is 359 g/mol. The molecule has 0 saturated heterocycles. The van der Waals surface area contributed by atoms with Gasteiger partial charge >= 0.3 is 0 Å². The van der Waals surface area contributed by atoms with Gasteiger partial charge in [-0.2, -0.15) is 0 Å². The average Bonchev–Trinajstić information content (AvgIpc) is 2.51. The van der Waals surface area contributed by atoms with E-state index in [1.807, 2.05) is 32.9 Å². The predicted octanol–water partition coefficient (Wildman–Crippen LogP) is 4.00. The monoisotopic (exact) mass is 358 g/mol. The van der Waals surface area contributed by atoms with Crippen LogP contribution in [0.4, 0.5) is 5.69 Å². The van der Waals surface area contributed by atoms with Crippen LogP contribution in [0.15, 0.2) is 18.2 Å². The fraction of sp³-hybridized carbons (Fsp3) is 0.611. The Labute approximate surface area is 151 Å². The predicted molar refractivity (Wildman–Crippen MR) is 101 cm³/mol. The van der Waals surface area contributed by atoms with Crippen LogP contribution in [0, 0.1) is 5.92 Å². The summed E-state index contributed by atoms with van der Waals surface area (Å²) in [5.41, 5.74) is 6.58. The van der Waals surface area contributed by atoms with Crippen molar-refractivity contribution in [2.45, 2.75) is 53.0 Å². The van der Waals surface area contributed by atoms with Gasteiger partial charge in [0.1, 0.15) is 0 Å². The Balaban J connectivity index is 0.00000529. The minimum absolute atomic E-state index is 0. The van der Waals surface area contributed by atoms with Gasteiger partial charge in [-0.1, -0.05) is 27.7 Å². The van der Waals surface area contributed by atoms with Crippen LogP contribution < -0.4 is 20.5 Å². The van der Waals surface area contributed by atoms with Gasteiger partial charge in [-0.05, 0) is 37.3 Å². The summed E-state index contributed by atoms with van der Waals surface area (Å²) in [4.78, 5) is 12.1. The number of nitrogens with two attached hydrogens (primary N) is 1. The maximum absolute atomic E-state index is 12.1. The van der Waals surface area contributed by atoms with Crippen LogP contribution in [-0.4, -0.2) is 25.2 Å². The first-order valence-electron chi connectivity index (χ1n) is 8.44. The third-order valence-corrected chi connectivity index (χ3v) is 3.20. The summed E-state index contributed by atoms with van der Waals surface area (Å²) in [6, 6.07) is 4.92. The van der Waals surface area contributed by atoms with Crippen molar-refractivity contribution in [3.8, 4) is 11.5 Å². The summed E-state index contributed by atoms with van der Waals surface area (Å²) in [6.07, 6.45) is 2.49. The van der Waals surface area contributed by atoms with Crippen molar-refractivity contribution in [2.24, 2.45) is 11.7 Å². The highest BCUT2D eigenvalue weighted by Crippen LogP contribution is 2.31. The van der Waals surface area contributed by atoms with Gasteiger partial charge in [0.25, 0.3) is 0 Å². The molecule has 6 heteroatoms. The molecule has 138 valence electrons. The number of hydrogen-bond acceptors (Lipinski definition) is 4. The molecule has 3 N–H and O–H groups in total. The molecule has 5 nitrogen and oxygen atoms in total. The Morgan fingerprint density at radius 2 is 1.71 bits per heavy atom. The van der Waals surface area contributed by atoms with Crippen molar-refractivity contribution in [1.29, 1.82) is 0 Å². The first-order chi connectivity index (χ1) is 11.0. The molecule has 0 bridgehead atoms. The van der Waals surface area contributed by atoms with Gasteiger partial charge in [0.2, 0.25) is 5.91 Å². The van der Waals surface area contributed by atoms with Crippen LogP contribution in [-0.2, 0) is 4.79 Å². The molecule has 0 spiro atoms. The van der Waals surface area contributed by atoms with Crippen LogP contribution in [0.2, 0.25) is 0 Å². The Morgan fingerprint density at radius 3 is 2.25 bits per heavy atom. The lowest BCUT2D eigenvalue weighted by atomic mass is 10.0. The molecule has 0 aliphatic rings. The maximum atomic E-state index is 12.1. The molecule has 0 aliphatic heterocycles. The van der Waals surface area contributed by atoms with E-state index in [0.29, 0.717) is 42.7 Å². The van der Waals surface area contributed by atoms with Crippen molar-refractivity contribution in [1.82, 2.24) is 0 Å². The van der Waals surface area contributed by atoms with Crippen molar-refractivity contribution >= 4 is 24.0 Å². The van der Waals surface area contributed by atoms with Gasteiger partial charge in [0.05, 0.1) is 19.3 Å². The summed E-state index contributed by atoms with van der Waals surface area (Å²) in [7, 11) is 0. The number of carbonyl (C=O) groups excluding carboxylic acids is 1. The number of amides is 1. The minimum atomic E-state index is -0.508. The number of ether oxygens (including phenoxy) is 2. The molecule has 24 heavy (non-hydrogen) atoms. The maximum Gasteiger partial charge on any atom is 0.241 e. The summed E-state index contributed by atoms with van der Waals surface area (Å²) in [6.45, 7) is 9.42. The molecule has 1 atom stereocenters. The van der Waals surface area contributed by atoms with Crippen molar-refractivity contribution in [2.75, 3.05) is 18.5 Å². The van der Waals surface area contributed by atoms with Crippen LogP contribution in [0.5, 0.6) is 11.5 Å². The van der Waals surface area contributed by atoms with Gasteiger partial charge in [-0.15, -0.1) is 12.4 Å². The molecule has 0 fully saturated rings. The molecule has 1 rings (SSSR count). The van der Waals surface area contributed by atoms with E-state index in [-0.39, 0.29) is 18.3 Å². The second-order valence-corrected chi connectivity index (χ2v) is 6.08. The molecule has 1 amide bonds. The highest BCUT2D eigenvalue weighted by atomic mass is 35.5. The van der Waals surface area contributed by atoms with E-state index in [2.05, 4.69) is 12.2 Å². The number of halogens is 1. The molecular formula is C18H31ClN2O3. The second kappa shape index (κ2) is 12.0. The van der Waals surface area contributed by atoms with Gasteiger partial charge in [0, 0.05) is 11.8 Å². The van der Waals surface area contributed by atoms with Crippen LogP contribution in [0.1, 0.15) is 47.0 Å². The molecule has 0 aliphatic carbocycles. The Hall–Kier alpha value is -1.46. The molecule has 0 aromatic heterocycles. The van der Waals surface area contributed by atoms with E-state index in [4.69, 9.17) is 15.2 Å². The lowest BCUT2D eigenvalue weighted by molar-refractivity contribution is -0.117. The van der Waals surface area contributed by atoms with Gasteiger partial charge in [-0.3, -0.25) is 4.79 Å². The topological polar surface area (TPSA) is 73.6 Å². The normalized spacial score (nSPS) is 11.6. The smallest absolute Gasteiger partial charge is 0.241 e. The second-order valence-electron chi connectivity index (χ2n) is 6.08. The van der Waals surface area contributed by atoms with Crippen molar-refractivity contribution in [3.63, 3.8) is 0 Å². The molecule has 0 radical (unpaired) electrons. The molecule has 0 heterocycles. The van der Waals surface area contributed by atoms with E-state index in [1.165, 1.54) is 0 Å². The third-order valence-electron chi connectivity index (χ3n) is 3.20. The summed E-state index contributed by atoms with van der Waals surface area (Å²) in [5, 5.41) is 2.85. The Kier molecular flexibility index (Phi) is 11.3. The fourth-order valence-corrected chi connectivity index (χ4v) is 2.09. The van der Waals surface area contributed by atoms with E-state index in [9.17, 15) is 4.79 Å². The number of rotatable bonds is 10. The van der Waals surface area contributed by atoms with Gasteiger partial charge in [0.15, 0.2) is 11.5 Å². The van der Waals surface area contributed by atoms with Crippen LogP contribution in [0.25, 0.3) is 0 Å². The van der Waals surface area contributed by atoms with Crippen molar-refractivity contribution < 1.29 is 14.3 Å². The summed E-state index contributed by atoms with van der Waals surface area (Å²) >= 11 is 0. The molecule has 1 aromatic carbocycles. The highest BCUT2D eigenvalue weighted by Gasteiger charge is 2.16. The summed E-state index contributed by atoms with van der Waals surface area (Å²) in [5.74, 6) is 1.55. The zero-order valence-corrected chi connectivity index (χ0v) is 15.9. The quantitative estimate of drug-likeness (QED) is 0.663.